The lowest BCUT2D eigenvalue weighted by Crippen LogP contribution is -2.39. The summed E-state index contributed by atoms with van der Waals surface area (Å²) in [4.78, 5) is 18.3. The Bertz CT molecular complexity index is 989. The lowest BCUT2D eigenvalue weighted by Gasteiger charge is -2.29. The lowest BCUT2D eigenvalue weighted by atomic mass is 9.97. The van der Waals surface area contributed by atoms with E-state index in [0.717, 1.165) is 36.2 Å². The van der Waals surface area contributed by atoms with Gasteiger partial charge in [0, 0.05) is 19.3 Å². The molecule has 7 nitrogen and oxygen atoms in total. The predicted octanol–water partition coefficient (Wildman–Crippen LogP) is 1.71. The number of carbonyl (C=O) groups excluding carboxylic acids is 1. The molecule has 2 aliphatic heterocycles. The second kappa shape index (κ2) is 9.14. The molecule has 1 fully saturated rings. The van der Waals surface area contributed by atoms with Crippen LogP contribution >= 0.6 is 0 Å². The fourth-order valence-corrected chi connectivity index (χ4v) is 5.92. The quantitative estimate of drug-likeness (QED) is 0.752. The van der Waals surface area contributed by atoms with Crippen molar-refractivity contribution in [1.82, 2.24) is 15.2 Å². The van der Waals surface area contributed by atoms with Gasteiger partial charge in [-0.25, -0.2) is 8.42 Å². The summed E-state index contributed by atoms with van der Waals surface area (Å²) in [6.07, 6.45) is 5.33. The van der Waals surface area contributed by atoms with Crippen molar-refractivity contribution in [1.29, 1.82) is 0 Å². The molecule has 1 aromatic carbocycles. The van der Waals surface area contributed by atoms with Crippen molar-refractivity contribution in [3.8, 4) is 5.75 Å². The van der Waals surface area contributed by atoms with Crippen LogP contribution in [0.15, 0.2) is 42.7 Å². The van der Waals surface area contributed by atoms with Crippen LogP contribution in [0.5, 0.6) is 5.75 Å². The summed E-state index contributed by atoms with van der Waals surface area (Å²) >= 11 is 0. The summed E-state index contributed by atoms with van der Waals surface area (Å²) in [5.74, 6) is 0.594. The monoisotopic (exact) mass is 429 g/mol. The molecular formula is C22H27N3O4S. The first kappa shape index (κ1) is 20.8. The maximum Gasteiger partial charge on any atom is 0.260 e. The first-order chi connectivity index (χ1) is 14.5. The number of rotatable bonds is 6. The Kier molecular flexibility index (Phi) is 6.34. The minimum atomic E-state index is -3.15. The molecule has 0 aliphatic carbocycles. The molecule has 160 valence electrons. The Morgan fingerprint density at radius 3 is 2.80 bits per heavy atom. The maximum absolute atomic E-state index is 12.8. The number of ether oxygens (including phenoxy) is 1. The zero-order valence-corrected chi connectivity index (χ0v) is 17.7. The average molecular weight is 430 g/mol. The zero-order chi connectivity index (χ0) is 21.0. The molecule has 1 N–H and O–H groups in total. The number of fused-ring (bicyclic) bond motifs is 1. The SMILES string of the molecule is O=C(COc1cccnc1)N1CCc2cc(CS(=O)(=O)C3CCNCC3)ccc2C1. The number of amides is 1. The van der Waals surface area contributed by atoms with Gasteiger partial charge in [0.15, 0.2) is 16.4 Å². The Morgan fingerprint density at radius 2 is 2.03 bits per heavy atom. The number of benzene rings is 1. The highest BCUT2D eigenvalue weighted by molar-refractivity contribution is 7.91. The second-order valence-electron chi connectivity index (χ2n) is 7.90. The third-order valence-electron chi connectivity index (χ3n) is 5.79. The van der Waals surface area contributed by atoms with Gasteiger partial charge in [0.05, 0.1) is 17.2 Å². The molecule has 0 unspecified atom stereocenters. The number of nitrogens with zero attached hydrogens (tertiary/aromatic N) is 2. The Hall–Kier alpha value is -2.45. The van der Waals surface area contributed by atoms with E-state index < -0.39 is 9.84 Å². The summed E-state index contributed by atoms with van der Waals surface area (Å²) in [5.41, 5.74) is 3.04. The number of hydrogen-bond acceptors (Lipinski definition) is 6. The summed E-state index contributed by atoms with van der Waals surface area (Å²) < 4.78 is 31.0. The molecule has 0 atom stereocenters. The van der Waals surface area contributed by atoms with Crippen LogP contribution in [0.25, 0.3) is 0 Å². The molecule has 30 heavy (non-hydrogen) atoms. The maximum atomic E-state index is 12.8. The molecular weight excluding hydrogens is 402 g/mol. The molecule has 1 saturated heterocycles. The fraction of sp³-hybridized carbons (Fsp3) is 0.455. The van der Waals surface area contributed by atoms with E-state index in [1.807, 2.05) is 18.2 Å². The summed E-state index contributed by atoms with van der Waals surface area (Å²) in [6.45, 7) is 2.64. The molecule has 2 aromatic rings. The van der Waals surface area contributed by atoms with Crippen molar-refractivity contribution in [2.45, 2.75) is 36.8 Å². The molecule has 1 aromatic heterocycles. The molecule has 1 amide bonds. The summed E-state index contributed by atoms with van der Waals surface area (Å²) in [5, 5.41) is 2.97. The smallest absolute Gasteiger partial charge is 0.260 e. The van der Waals surface area contributed by atoms with E-state index >= 15 is 0 Å². The van der Waals surface area contributed by atoms with Gasteiger partial charge in [0.25, 0.3) is 5.91 Å². The average Bonchev–Trinajstić information content (AvgIpc) is 2.78. The highest BCUT2D eigenvalue weighted by Gasteiger charge is 2.28. The number of hydrogen-bond donors (Lipinski definition) is 1. The van der Waals surface area contributed by atoms with Gasteiger partial charge in [0.2, 0.25) is 0 Å². The Morgan fingerprint density at radius 1 is 1.20 bits per heavy atom. The van der Waals surface area contributed by atoms with Gasteiger partial charge in [0.1, 0.15) is 5.75 Å². The molecule has 8 heteroatoms. The van der Waals surface area contributed by atoms with Gasteiger partial charge in [-0.3, -0.25) is 9.78 Å². The number of aromatic nitrogens is 1. The first-order valence-electron chi connectivity index (χ1n) is 10.3. The summed E-state index contributed by atoms with van der Waals surface area (Å²) in [6, 6.07) is 9.38. The van der Waals surface area contributed by atoms with Crippen LogP contribution in [0.2, 0.25) is 0 Å². The van der Waals surface area contributed by atoms with E-state index in [-0.39, 0.29) is 23.5 Å². The largest absolute Gasteiger partial charge is 0.482 e. The van der Waals surface area contributed by atoms with Gasteiger partial charge in [-0.2, -0.15) is 0 Å². The van der Waals surface area contributed by atoms with Crippen LogP contribution in [0.1, 0.15) is 29.5 Å². The van der Waals surface area contributed by atoms with Crippen LogP contribution in [-0.2, 0) is 33.4 Å². The van der Waals surface area contributed by atoms with Crippen LogP contribution in [0, 0.1) is 0 Å². The molecule has 3 heterocycles. The predicted molar refractivity (Wildman–Crippen MR) is 114 cm³/mol. The zero-order valence-electron chi connectivity index (χ0n) is 16.9. The lowest BCUT2D eigenvalue weighted by molar-refractivity contribution is -0.134. The Labute approximate surface area is 177 Å². The minimum absolute atomic E-state index is 0.0202. The van der Waals surface area contributed by atoms with E-state index in [1.54, 1.807) is 29.4 Å². The number of carbonyl (C=O) groups is 1. The van der Waals surface area contributed by atoms with E-state index in [4.69, 9.17) is 4.74 Å². The van der Waals surface area contributed by atoms with Crippen LogP contribution in [-0.4, -0.2) is 55.7 Å². The number of pyridine rings is 1. The van der Waals surface area contributed by atoms with Crippen molar-refractivity contribution < 1.29 is 17.9 Å². The van der Waals surface area contributed by atoms with Gasteiger partial charge < -0.3 is 15.0 Å². The molecule has 2 aliphatic rings. The van der Waals surface area contributed by atoms with E-state index in [2.05, 4.69) is 10.3 Å². The van der Waals surface area contributed by atoms with Crippen molar-refractivity contribution in [3.63, 3.8) is 0 Å². The van der Waals surface area contributed by atoms with Gasteiger partial charge in [-0.15, -0.1) is 0 Å². The van der Waals surface area contributed by atoms with E-state index in [9.17, 15) is 13.2 Å². The van der Waals surface area contributed by atoms with Crippen molar-refractivity contribution >= 4 is 15.7 Å². The van der Waals surface area contributed by atoms with Crippen LogP contribution in [0.3, 0.4) is 0 Å². The molecule has 0 saturated carbocycles. The van der Waals surface area contributed by atoms with Crippen molar-refractivity contribution in [2.75, 3.05) is 26.2 Å². The van der Waals surface area contributed by atoms with E-state index in [0.29, 0.717) is 31.7 Å². The molecule has 4 rings (SSSR count). The third kappa shape index (κ3) is 4.99. The normalized spacial score (nSPS) is 17.4. The minimum Gasteiger partial charge on any atom is -0.482 e. The summed E-state index contributed by atoms with van der Waals surface area (Å²) in [7, 11) is -3.15. The van der Waals surface area contributed by atoms with Crippen LogP contribution < -0.4 is 10.1 Å². The highest BCUT2D eigenvalue weighted by atomic mass is 32.2. The second-order valence-corrected chi connectivity index (χ2v) is 10.2. The first-order valence-corrected chi connectivity index (χ1v) is 12.1. The standard InChI is InChI=1S/C22H27N3O4S/c26-22(15-29-20-2-1-8-24-13-20)25-11-7-18-12-17(3-4-19(18)14-25)16-30(27,28)21-5-9-23-10-6-21/h1-4,8,12-13,21,23H,5-7,9-11,14-16H2. The number of sulfone groups is 1. The molecule has 0 radical (unpaired) electrons. The molecule has 0 bridgehead atoms. The topological polar surface area (TPSA) is 88.6 Å². The van der Waals surface area contributed by atoms with Gasteiger partial charge in [-0.05, 0) is 61.2 Å². The van der Waals surface area contributed by atoms with E-state index in [1.165, 1.54) is 0 Å². The van der Waals surface area contributed by atoms with Crippen molar-refractivity contribution in [3.05, 3.63) is 59.4 Å². The number of nitrogens with one attached hydrogen (secondary N) is 1. The van der Waals surface area contributed by atoms with Crippen LogP contribution in [0.4, 0.5) is 0 Å². The highest BCUT2D eigenvalue weighted by Crippen LogP contribution is 2.24. The third-order valence-corrected chi connectivity index (χ3v) is 8.02. The van der Waals surface area contributed by atoms with Gasteiger partial charge in [-0.1, -0.05) is 18.2 Å². The fourth-order valence-electron chi connectivity index (χ4n) is 4.08. The Balaban J connectivity index is 1.36. The molecule has 0 spiro atoms. The van der Waals surface area contributed by atoms with Crippen molar-refractivity contribution in [2.24, 2.45) is 0 Å². The van der Waals surface area contributed by atoms with Gasteiger partial charge >= 0.3 is 0 Å². The number of piperidine rings is 1.